The molecule has 0 bridgehead atoms. The molecule has 5 atom stereocenters. The second-order valence-electron chi connectivity index (χ2n) is 13.9. The van der Waals surface area contributed by atoms with E-state index in [1.807, 2.05) is 78.8 Å². The van der Waals surface area contributed by atoms with Crippen molar-refractivity contribution in [3.05, 3.63) is 35.9 Å². The zero-order valence-electron chi connectivity index (χ0n) is 27.5. The van der Waals surface area contributed by atoms with Gasteiger partial charge in [-0.3, -0.25) is 19.3 Å². The van der Waals surface area contributed by atoms with Crippen LogP contribution in [0, 0.1) is 11.3 Å². The van der Waals surface area contributed by atoms with E-state index in [1.165, 1.54) is 4.90 Å². The topological polar surface area (TPSA) is 143 Å². The number of likely N-dealkylation sites (tertiary alicyclic amines) is 1. The number of β-amino-alcohol motifs (C(OH)–C–C–N with tert-alkyl or cyclic N) is 1. The highest BCUT2D eigenvalue weighted by atomic mass is 16.4. The molecule has 1 saturated heterocycles. The molecule has 43 heavy (non-hydrogen) atoms. The highest BCUT2D eigenvalue weighted by Crippen LogP contribution is 2.29. The summed E-state index contributed by atoms with van der Waals surface area (Å²) in [6.07, 6.45) is -0.860. The van der Waals surface area contributed by atoms with E-state index in [4.69, 9.17) is 0 Å². The lowest BCUT2D eigenvalue weighted by Gasteiger charge is -2.41. The smallest absolute Gasteiger partial charge is 0.326 e. The van der Waals surface area contributed by atoms with E-state index in [0.717, 1.165) is 5.56 Å². The summed E-state index contributed by atoms with van der Waals surface area (Å²) >= 11 is 0. The number of carboxylic acid groups (broad SMARTS) is 1. The van der Waals surface area contributed by atoms with Crippen molar-refractivity contribution in [3.63, 3.8) is 0 Å². The van der Waals surface area contributed by atoms with E-state index in [9.17, 15) is 29.4 Å². The number of carbonyl (C=O) groups excluding carboxylic acids is 3. The van der Waals surface area contributed by atoms with Crippen LogP contribution in [0.25, 0.3) is 0 Å². The van der Waals surface area contributed by atoms with Gasteiger partial charge in [0.25, 0.3) is 0 Å². The van der Waals surface area contributed by atoms with E-state index in [0.29, 0.717) is 6.54 Å². The molecule has 0 aliphatic carbocycles. The Hall–Kier alpha value is -3.02. The summed E-state index contributed by atoms with van der Waals surface area (Å²) in [5.74, 6) is -2.02. The van der Waals surface area contributed by atoms with Crippen LogP contribution >= 0.6 is 0 Å². The number of hydrogen-bond donors (Lipinski definition) is 4. The fourth-order valence-corrected chi connectivity index (χ4v) is 5.91. The van der Waals surface area contributed by atoms with Gasteiger partial charge in [-0.25, -0.2) is 4.79 Å². The van der Waals surface area contributed by atoms with Crippen LogP contribution in [-0.4, -0.2) is 120 Å². The molecule has 1 aromatic carbocycles. The number of nitrogens with zero attached hydrogens (tertiary/aromatic N) is 3. The second kappa shape index (κ2) is 14.6. The van der Waals surface area contributed by atoms with Crippen molar-refractivity contribution in [2.75, 3.05) is 40.8 Å². The fraction of sp³-hybridized carbons (Fsp3) is 0.688. The van der Waals surface area contributed by atoms with Gasteiger partial charge in [-0.1, -0.05) is 78.8 Å². The number of aliphatic hydroxyl groups is 1. The zero-order valence-corrected chi connectivity index (χ0v) is 27.5. The standard InChI is InChI=1S/C32H53N5O6/c1-20(2)24(18-35(9)19-25(39)37-17-22(38)16-23(37)30(42)43)36(10)29(41)27(31(3,4)5)34-28(40)26(33-8)32(6,7)21-14-12-11-13-15-21/h11-15,20,22-24,26-27,33,38H,16-19H2,1-10H3,(H,34,40)(H,42,43)/t22-,23+,24-,26-,27?/m1/s1. The first kappa shape index (κ1) is 36.2. The lowest BCUT2D eigenvalue weighted by atomic mass is 9.76. The number of amides is 3. The zero-order chi connectivity index (χ0) is 32.9. The summed E-state index contributed by atoms with van der Waals surface area (Å²) in [6.45, 7) is 14.0. The summed E-state index contributed by atoms with van der Waals surface area (Å²) in [4.78, 5) is 57.0. The number of likely N-dealkylation sites (N-methyl/N-ethyl adjacent to an activating group) is 3. The molecule has 1 aliphatic rings. The molecular weight excluding hydrogens is 550 g/mol. The van der Waals surface area contributed by atoms with Crippen molar-refractivity contribution in [3.8, 4) is 0 Å². The van der Waals surface area contributed by atoms with Gasteiger partial charge in [0.2, 0.25) is 17.7 Å². The molecule has 2 rings (SSSR count). The fourth-order valence-electron chi connectivity index (χ4n) is 5.91. The van der Waals surface area contributed by atoms with Gasteiger partial charge >= 0.3 is 5.97 Å². The van der Waals surface area contributed by atoms with Gasteiger partial charge in [0.1, 0.15) is 12.1 Å². The minimum absolute atomic E-state index is 0.00744. The van der Waals surface area contributed by atoms with Gasteiger partial charge in [-0.2, -0.15) is 0 Å². The first-order valence-corrected chi connectivity index (χ1v) is 15.0. The molecule has 0 aromatic heterocycles. The molecule has 1 unspecified atom stereocenters. The summed E-state index contributed by atoms with van der Waals surface area (Å²) in [7, 11) is 5.21. The Morgan fingerprint density at radius 3 is 2.09 bits per heavy atom. The normalized spacial score (nSPS) is 19.7. The highest BCUT2D eigenvalue weighted by Gasteiger charge is 2.42. The molecule has 11 heteroatoms. The van der Waals surface area contributed by atoms with Gasteiger partial charge in [0.05, 0.1) is 18.7 Å². The average Bonchev–Trinajstić information content (AvgIpc) is 3.31. The summed E-state index contributed by atoms with van der Waals surface area (Å²) < 4.78 is 0. The van der Waals surface area contributed by atoms with Gasteiger partial charge in [0, 0.05) is 38.0 Å². The average molecular weight is 604 g/mol. The van der Waals surface area contributed by atoms with Crippen molar-refractivity contribution in [1.82, 2.24) is 25.3 Å². The molecule has 3 amide bonds. The number of rotatable bonds is 13. The Morgan fingerprint density at radius 2 is 1.60 bits per heavy atom. The number of carboxylic acids is 1. The first-order valence-electron chi connectivity index (χ1n) is 15.0. The number of hydrogen-bond acceptors (Lipinski definition) is 7. The van der Waals surface area contributed by atoms with Crippen LogP contribution in [0.15, 0.2) is 30.3 Å². The minimum Gasteiger partial charge on any atom is -0.480 e. The molecule has 0 radical (unpaired) electrons. The van der Waals surface area contributed by atoms with Crippen LogP contribution in [0.4, 0.5) is 0 Å². The van der Waals surface area contributed by atoms with Gasteiger partial charge in [0.15, 0.2) is 0 Å². The third-order valence-electron chi connectivity index (χ3n) is 8.59. The van der Waals surface area contributed by atoms with E-state index in [1.54, 1.807) is 30.9 Å². The van der Waals surface area contributed by atoms with Crippen molar-refractivity contribution in [2.45, 2.75) is 90.6 Å². The maximum Gasteiger partial charge on any atom is 0.326 e. The van der Waals surface area contributed by atoms with Gasteiger partial charge < -0.3 is 30.6 Å². The molecule has 1 aliphatic heterocycles. The van der Waals surface area contributed by atoms with E-state index >= 15 is 0 Å². The Kier molecular flexibility index (Phi) is 12.3. The minimum atomic E-state index is -1.14. The maximum atomic E-state index is 14.1. The largest absolute Gasteiger partial charge is 0.480 e. The van der Waals surface area contributed by atoms with E-state index in [-0.39, 0.29) is 49.2 Å². The molecular formula is C32H53N5O6. The Labute approximate surface area is 257 Å². The Morgan fingerprint density at radius 1 is 1.02 bits per heavy atom. The SMILES string of the molecule is CN[C@H](C(=O)NC(C(=O)N(C)[C@H](CN(C)CC(=O)N1C[C@H](O)C[C@H]1C(=O)O)C(C)C)C(C)(C)C)C(C)(C)c1ccccc1. The van der Waals surface area contributed by atoms with Crippen LogP contribution in [0.5, 0.6) is 0 Å². The van der Waals surface area contributed by atoms with Crippen molar-refractivity contribution in [2.24, 2.45) is 11.3 Å². The predicted molar refractivity (Wildman–Crippen MR) is 166 cm³/mol. The van der Waals surface area contributed by atoms with Crippen molar-refractivity contribution in [1.29, 1.82) is 0 Å². The van der Waals surface area contributed by atoms with Crippen molar-refractivity contribution >= 4 is 23.7 Å². The predicted octanol–water partition coefficient (Wildman–Crippen LogP) is 1.54. The molecule has 0 saturated carbocycles. The summed E-state index contributed by atoms with van der Waals surface area (Å²) in [6, 6.07) is 7.01. The number of aliphatic carboxylic acids is 1. The van der Waals surface area contributed by atoms with Crippen LogP contribution in [0.3, 0.4) is 0 Å². The van der Waals surface area contributed by atoms with E-state index < -0.39 is 41.0 Å². The lowest BCUT2D eigenvalue weighted by molar-refractivity contribution is -0.148. The quantitative estimate of drug-likeness (QED) is 0.266. The van der Waals surface area contributed by atoms with E-state index in [2.05, 4.69) is 10.6 Å². The second-order valence-corrected chi connectivity index (χ2v) is 13.9. The third kappa shape index (κ3) is 9.00. The highest BCUT2D eigenvalue weighted by molar-refractivity contribution is 5.91. The number of aliphatic hydroxyl groups excluding tert-OH is 1. The van der Waals surface area contributed by atoms with Gasteiger partial charge in [-0.05, 0) is 31.0 Å². The number of carbonyl (C=O) groups is 4. The van der Waals surface area contributed by atoms with Crippen LogP contribution in [0.1, 0.15) is 60.5 Å². The lowest BCUT2D eigenvalue weighted by Crippen LogP contribution is -2.62. The van der Waals surface area contributed by atoms with Crippen LogP contribution < -0.4 is 10.6 Å². The Bertz CT molecular complexity index is 1120. The first-order chi connectivity index (χ1) is 19.8. The number of benzene rings is 1. The Balaban J connectivity index is 2.21. The summed E-state index contributed by atoms with van der Waals surface area (Å²) in [5, 5.41) is 25.6. The van der Waals surface area contributed by atoms with Crippen LogP contribution in [-0.2, 0) is 24.6 Å². The molecule has 4 N–H and O–H groups in total. The third-order valence-corrected chi connectivity index (χ3v) is 8.59. The molecule has 11 nitrogen and oxygen atoms in total. The maximum absolute atomic E-state index is 14.1. The molecule has 242 valence electrons. The van der Waals surface area contributed by atoms with Crippen molar-refractivity contribution < 1.29 is 29.4 Å². The summed E-state index contributed by atoms with van der Waals surface area (Å²) in [5.41, 5.74) is -0.156. The van der Waals surface area contributed by atoms with Gasteiger partial charge in [-0.15, -0.1) is 0 Å². The monoisotopic (exact) mass is 603 g/mol. The molecule has 1 fully saturated rings. The molecule has 0 spiro atoms. The molecule has 1 heterocycles. The molecule has 1 aromatic rings. The number of nitrogens with one attached hydrogen (secondary N) is 2. The van der Waals surface area contributed by atoms with Crippen LogP contribution in [0.2, 0.25) is 0 Å².